The Morgan fingerprint density at radius 3 is 2.58 bits per heavy atom. The first-order valence-corrected chi connectivity index (χ1v) is 11.6. The number of amides is 1. The lowest BCUT2D eigenvalue weighted by molar-refractivity contribution is -0.110. The molecule has 1 aliphatic rings. The smallest absolute Gasteiger partial charge is 0.408 e. The maximum absolute atomic E-state index is 13.2. The molecule has 5 aromatic rings. The molecule has 0 atom stereocenters. The summed E-state index contributed by atoms with van der Waals surface area (Å²) in [7, 11) is 3.59. The molecule has 178 valence electrons. The molecule has 1 aliphatic heterocycles. The number of halogens is 1. The number of anilines is 2. The molecule has 0 unspecified atom stereocenters. The summed E-state index contributed by atoms with van der Waals surface area (Å²) in [4.78, 5) is 29.6. The third-order valence-electron chi connectivity index (χ3n) is 6.29. The summed E-state index contributed by atoms with van der Waals surface area (Å²) in [5.74, 6) is 0.146. The van der Waals surface area contributed by atoms with Crippen LogP contribution in [0.3, 0.4) is 0 Å². The molecule has 3 heterocycles. The summed E-state index contributed by atoms with van der Waals surface area (Å²) in [5, 5.41) is 6.86. The molecule has 0 spiro atoms. The molecule has 0 fully saturated rings. The van der Waals surface area contributed by atoms with E-state index in [1.54, 1.807) is 37.5 Å². The lowest BCUT2D eigenvalue weighted by atomic mass is 9.99. The van der Waals surface area contributed by atoms with Gasteiger partial charge in [0, 0.05) is 53.9 Å². The van der Waals surface area contributed by atoms with Gasteiger partial charge in [0.25, 0.3) is 5.91 Å². The number of aryl methyl sites for hydroxylation is 2. The van der Waals surface area contributed by atoms with E-state index in [1.807, 2.05) is 54.2 Å². The standard InChI is InChI=1S/C27H20ClN5O3/c1-32-12-11-29-25(32)15-3-7-18(8-4-15)30-24(16-5-10-21-22(13-16)36-27(35)33(21)2)23-19-9-6-17(28)14-20(19)31-26(23)34/h3-14,30H,1-2H3,(H,31,34)/b24-23-. The molecular formula is C27H20ClN5O3. The van der Waals surface area contributed by atoms with Gasteiger partial charge in [-0.2, -0.15) is 0 Å². The molecule has 0 bridgehead atoms. The van der Waals surface area contributed by atoms with Gasteiger partial charge >= 0.3 is 5.76 Å². The van der Waals surface area contributed by atoms with Gasteiger partial charge in [-0.3, -0.25) is 9.36 Å². The van der Waals surface area contributed by atoms with Crippen molar-refractivity contribution < 1.29 is 9.21 Å². The number of carbonyl (C=O) groups is 1. The average Bonchev–Trinajstić information content (AvgIpc) is 3.52. The van der Waals surface area contributed by atoms with E-state index >= 15 is 0 Å². The maximum Gasteiger partial charge on any atom is 0.419 e. The van der Waals surface area contributed by atoms with Gasteiger partial charge in [0.05, 0.1) is 22.5 Å². The number of carbonyl (C=O) groups excluding carboxylic acids is 1. The van der Waals surface area contributed by atoms with Crippen molar-refractivity contribution in [1.29, 1.82) is 0 Å². The van der Waals surface area contributed by atoms with E-state index in [0.29, 0.717) is 38.6 Å². The Morgan fingerprint density at radius 1 is 1.03 bits per heavy atom. The molecule has 0 radical (unpaired) electrons. The van der Waals surface area contributed by atoms with Crippen LogP contribution in [0.15, 0.2) is 82.3 Å². The molecule has 1 amide bonds. The Hall–Kier alpha value is -4.56. The predicted molar refractivity (Wildman–Crippen MR) is 141 cm³/mol. The van der Waals surface area contributed by atoms with Crippen LogP contribution in [0.1, 0.15) is 11.1 Å². The van der Waals surface area contributed by atoms with Gasteiger partial charge in [-0.1, -0.05) is 23.7 Å². The second-order valence-electron chi connectivity index (χ2n) is 8.57. The highest BCUT2D eigenvalue weighted by Crippen LogP contribution is 2.39. The predicted octanol–water partition coefficient (Wildman–Crippen LogP) is 5.12. The van der Waals surface area contributed by atoms with Crippen LogP contribution in [-0.4, -0.2) is 20.0 Å². The fourth-order valence-corrected chi connectivity index (χ4v) is 4.62. The van der Waals surface area contributed by atoms with Crippen LogP contribution in [0.2, 0.25) is 5.02 Å². The Labute approximate surface area is 210 Å². The number of benzene rings is 3. The zero-order valence-corrected chi connectivity index (χ0v) is 20.1. The number of hydrogen-bond acceptors (Lipinski definition) is 5. The van der Waals surface area contributed by atoms with Gasteiger partial charge in [-0.05, 0) is 48.5 Å². The van der Waals surface area contributed by atoms with Crippen molar-refractivity contribution >= 4 is 51.3 Å². The topological polar surface area (TPSA) is 94.1 Å². The minimum atomic E-state index is -0.451. The Morgan fingerprint density at radius 2 is 1.83 bits per heavy atom. The molecule has 2 aromatic heterocycles. The number of rotatable bonds is 4. The fourth-order valence-electron chi connectivity index (χ4n) is 4.45. The molecule has 0 saturated carbocycles. The average molecular weight is 498 g/mol. The number of fused-ring (bicyclic) bond motifs is 2. The summed E-state index contributed by atoms with van der Waals surface area (Å²) in [6, 6.07) is 18.5. The van der Waals surface area contributed by atoms with Gasteiger partial charge in [-0.25, -0.2) is 9.78 Å². The second-order valence-corrected chi connectivity index (χ2v) is 9.00. The Kier molecular flexibility index (Phi) is 5.05. The van der Waals surface area contributed by atoms with Crippen molar-refractivity contribution in [3.05, 3.63) is 99.8 Å². The number of aromatic nitrogens is 3. The van der Waals surface area contributed by atoms with Crippen LogP contribution in [0, 0.1) is 0 Å². The molecular weight excluding hydrogens is 478 g/mol. The molecule has 2 N–H and O–H groups in total. The van der Waals surface area contributed by atoms with Crippen molar-refractivity contribution in [2.75, 3.05) is 10.6 Å². The van der Waals surface area contributed by atoms with Crippen molar-refractivity contribution in [2.45, 2.75) is 0 Å². The fraction of sp³-hybridized carbons (Fsp3) is 0.0741. The summed E-state index contributed by atoms with van der Waals surface area (Å²) in [6.07, 6.45) is 3.65. The third kappa shape index (κ3) is 3.59. The van der Waals surface area contributed by atoms with Crippen molar-refractivity contribution in [1.82, 2.24) is 14.1 Å². The largest absolute Gasteiger partial charge is 0.419 e. The molecule has 0 aliphatic carbocycles. The van der Waals surface area contributed by atoms with Gasteiger partial charge in [0.2, 0.25) is 0 Å². The zero-order chi connectivity index (χ0) is 25.0. The zero-order valence-electron chi connectivity index (χ0n) is 19.4. The minimum absolute atomic E-state index is 0.256. The Balaban J connectivity index is 1.50. The van der Waals surface area contributed by atoms with E-state index in [2.05, 4.69) is 15.6 Å². The lowest BCUT2D eigenvalue weighted by Gasteiger charge is -2.15. The highest BCUT2D eigenvalue weighted by atomic mass is 35.5. The minimum Gasteiger partial charge on any atom is -0.408 e. The van der Waals surface area contributed by atoms with Crippen molar-refractivity contribution in [2.24, 2.45) is 14.1 Å². The number of nitrogens with zero attached hydrogens (tertiary/aromatic N) is 3. The van der Waals surface area contributed by atoms with E-state index in [1.165, 1.54) is 4.57 Å². The first-order valence-electron chi connectivity index (χ1n) is 11.2. The highest BCUT2D eigenvalue weighted by Gasteiger charge is 2.29. The van der Waals surface area contributed by atoms with Crippen LogP contribution in [0.25, 0.3) is 33.8 Å². The summed E-state index contributed by atoms with van der Waals surface area (Å²) < 4.78 is 8.80. The van der Waals surface area contributed by atoms with Gasteiger partial charge in [-0.15, -0.1) is 0 Å². The number of oxazole rings is 1. The number of hydrogen-bond donors (Lipinski definition) is 2. The highest BCUT2D eigenvalue weighted by molar-refractivity contribution is 6.38. The van der Waals surface area contributed by atoms with E-state index in [-0.39, 0.29) is 5.91 Å². The molecule has 3 aromatic carbocycles. The molecule has 36 heavy (non-hydrogen) atoms. The van der Waals surface area contributed by atoms with Gasteiger partial charge in [0.1, 0.15) is 5.82 Å². The monoisotopic (exact) mass is 497 g/mol. The van der Waals surface area contributed by atoms with Crippen LogP contribution >= 0.6 is 11.6 Å². The SMILES string of the molecule is Cn1ccnc1-c1ccc(N/C(=C2\C(=O)Nc3cc(Cl)ccc32)c2ccc3c(c2)oc(=O)n3C)cc1. The van der Waals surface area contributed by atoms with Crippen LogP contribution < -0.4 is 16.4 Å². The summed E-state index contributed by atoms with van der Waals surface area (Å²) in [6.45, 7) is 0. The van der Waals surface area contributed by atoms with E-state index in [0.717, 1.165) is 22.6 Å². The van der Waals surface area contributed by atoms with E-state index < -0.39 is 5.76 Å². The van der Waals surface area contributed by atoms with E-state index in [9.17, 15) is 9.59 Å². The van der Waals surface area contributed by atoms with Crippen LogP contribution in [0.5, 0.6) is 0 Å². The first kappa shape index (κ1) is 21.9. The molecule has 8 nitrogen and oxygen atoms in total. The summed E-state index contributed by atoms with van der Waals surface area (Å²) in [5.41, 5.74) is 5.94. The van der Waals surface area contributed by atoms with Gasteiger partial charge in [0.15, 0.2) is 5.58 Å². The van der Waals surface area contributed by atoms with Crippen LogP contribution in [-0.2, 0) is 18.9 Å². The van der Waals surface area contributed by atoms with Crippen LogP contribution in [0.4, 0.5) is 11.4 Å². The first-order chi connectivity index (χ1) is 17.4. The number of imidazole rings is 1. The second kappa shape index (κ2) is 8.28. The third-order valence-corrected chi connectivity index (χ3v) is 6.53. The number of nitrogens with one attached hydrogen (secondary N) is 2. The molecule has 6 rings (SSSR count). The quantitative estimate of drug-likeness (QED) is 0.336. The molecule has 0 saturated heterocycles. The van der Waals surface area contributed by atoms with Crippen molar-refractivity contribution in [3.63, 3.8) is 0 Å². The van der Waals surface area contributed by atoms with Crippen molar-refractivity contribution in [3.8, 4) is 11.4 Å². The molecule has 9 heteroatoms. The van der Waals surface area contributed by atoms with E-state index in [4.69, 9.17) is 16.0 Å². The summed E-state index contributed by atoms with van der Waals surface area (Å²) >= 11 is 6.16. The normalized spacial score (nSPS) is 14.1. The Bertz CT molecular complexity index is 1760. The maximum atomic E-state index is 13.2. The van der Waals surface area contributed by atoms with Gasteiger partial charge < -0.3 is 19.6 Å². The lowest BCUT2D eigenvalue weighted by Crippen LogP contribution is -2.10.